The summed E-state index contributed by atoms with van der Waals surface area (Å²) in [6.45, 7) is 7.95. The Balaban J connectivity index is 1.87. The van der Waals surface area contributed by atoms with Crippen LogP contribution in [0.25, 0.3) is 22.3 Å². The maximum Gasteiger partial charge on any atom is 0.333 e. The van der Waals surface area contributed by atoms with Gasteiger partial charge in [-0.1, -0.05) is 66.7 Å². The SMILES string of the molecule is C=C(C)C(=O)OCc1cc(C)ccc1-c1ccc(-c2ccc(CCCN)cc2)c(F)c1. The lowest BCUT2D eigenvalue weighted by atomic mass is 9.95. The van der Waals surface area contributed by atoms with Crippen molar-refractivity contribution in [3.63, 3.8) is 0 Å². The maximum absolute atomic E-state index is 15.0. The quantitative estimate of drug-likeness (QED) is 0.362. The Hall–Kier alpha value is -3.24. The van der Waals surface area contributed by atoms with E-state index in [1.165, 1.54) is 11.6 Å². The number of carbonyl (C=O) groups excluding carboxylic acids is 1. The third kappa shape index (κ3) is 5.68. The highest BCUT2D eigenvalue weighted by atomic mass is 19.1. The molecule has 160 valence electrons. The molecule has 0 aliphatic heterocycles. The van der Waals surface area contributed by atoms with Crippen LogP contribution in [0.1, 0.15) is 30.0 Å². The van der Waals surface area contributed by atoms with Gasteiger partial charge in [-0.15, -0.1) is 0 Å². The number of hydrogen-bond acceptors (Lipinski definition) is 3. The number of carbonyl (C=O) groups is 1. The maximum atomic E-state index is 15.0. The van der Waals surface area contributed by atoms with Gasteiger partial charge in [0.2, 0.25) is 0 Å². The Morgan fingerprint density at radius 2 is 1.68 bits per heavy atom. The second-order valence-corrected chi connectivity index (χ2v) is 7.80. The molecule has 0 amide bonds. The first-order valence-corrected chi connectivity index (χ1v) is 10.4. The standard InChI is InChI=1S/C27H28FNO2/c1-18(2)27(30)31-17-23-15-19(3)6-12-24(23)22-11-13-25(26(28)16-22)21-9-7-20(8-10-21)5-4-14-29/h6-13,15-16H,1,4-5,14,17,29H2,2-3H3. The van der Waals surface area contributed by atoms with E-state index >= 15 is 4.39 Å². The monoisotopic (exact) mass is 417 g/mol. The molecule has 3 nitrogen and oxygen atoms in total. The van der Waals surface area contributed by atoms with Crippen LogP contribution in [0, 0.1) is 12.7 Å². The third-order valence-corrected chi connectivity index (χ3v) is 5.18. The van der Waals surface area contributed by atoms with Crippen molar-refractivity contribution in [2.45, 2.75) is 33.3 Å². The minimum Gasteiger partial charge on any atom is -0.457 e. The van der Waals surface area contributed by atoms with E-state index in [4.69, 9.17) is 10.5 Å². The summed E-state index contributed by atoms with van der Waals surface area (Å²) in [6, 6.07) is 19.0. The molecule has 0 fully saturated rings. The van der Waals surface area contributed by atoms with Gasteiger partial charge in [-0.2, -0.15) is 0 Å². The third-order valence-electron chi connectivity index (χ3n) is 5.18. The van der Waals surface area contributed by atoms with Crippen LogP contribution in [0.5, 0.6) is 0 Å². The summed E-state index contributed by atoms with van der Waals surface area (Å²) in [6.07, 6.45) is 1.85. The fourth-order valence-corrected chi connectivity index (χ4v) is 3.46. The Kier molecular flexibility index (Phi) is 7.37. The van der Waals surface area contributed by atoms with Gasteiger partial charge in [0, 0.05) is 11.1 Å². The van der Waals surface area contributed by atoms with Crippen LogP contribution < -0.4 is 5.73 Å². The molecule has 0 atom stereocenters. The Morgan fingerprint density at radius 1 is 1.00 bits per heavy atom. The number of ether oxygens (including phenoxy) is 1. The van der Waals surface area contributed by atoms with Crippen molar-refractivity contribution in [3.8, 4) is 22.3 Å². The molecule has 0 saturated carbocycles. The second kappa shape index (κ2) is 10.2. The lowest BCUT2D eigenvalue weighted by Crippen LogP contribution is -2.06. The van der Waals surface area contributed by atoms with E-state index in [-0.39, 0.29) is 12.4 Å². The molecule has 0 aliphatic rings. The van der Waals surface area contributed by atoms with Crippen LogP contribution in [0.15, 0.2) is 72.8 Å². The molecule has 0 radical (unpaired) electrons. The zero-order chi connectivity index (χ0) is 22.4. The van der Waals surface area contributed by atoms with E-state index in [9.17, 15) is 4.79 Å². The Morgan fingerprint density at radius 3 is 2.32 bits per heavy atom. The van der Waals surface area contributed by atoms with Gasteiger partial charge in [0.25, 0.3) is 0 Å². The van der Waals surface area contributed by atoms with Crippen molar-refractivity contribution in [1.29, 1.82) is 0 Å². The van der Waals surface area contributed by atoms with Gasteiger partial charge in [-0.05, 0) is 67.1 Å². The van der Waals surface area contributed by atoms with Gasteiger partial charge in [0.15, 0.2) is 0 Å². The minimum absolute atomic E-state index is 0.107. The molecular weight excluding hydrogens is 389 g/mol. The number of benzene rings is 3. The van der Waals surface area contributed by atoms with Crippen LogP contribution >= 0.6 is 0 Å². The van der Waals surface area contributed by atoms with E-state index < -0.39 is 5.97 Å². The largest absolute Gasteiger partial charge is 0.457 e. The van der Waals surface area contributed by atoms with Crippen molar-refractivity contribution < 1.29 is 13.9 Å². The van der Waals surface area contributed by atoms with Crippen molar-refractivity contribution >= 4 is 5.97 Å². The first-order chi connectivity index (χ1) is 14.9. The predicted octanol–water partition coefficient (Wildman–Crippen LogP) is 5.98. The van der Waals surface area contributed by atoms with Crippen LogP contribution in [0.4, 0.5) is 4.39 Å². The molecule has 0 unspecified atom stereocenters. The zero-order valence-electron chi connectivity index (χ0n) is 18.1. The molecule has 4 heteroatoms. The average molecular weight is 418 g/mol. The fourth-order valence-electron chi connectivity index (χ4n) is 3.46. The predicted molar refractivity (Wildman–Crippen MR) is 124 cm³/mol. The first-order valence-electron chi connectivity index (χ1n) is 10.4. The van der Waals surface area contributed by atoms with Crippen molar-refractivity contribution in [2.75, 3.05) is 6.54 Å². The smallest absolute Gasteiger partial charge is 0.333 e. The van der Waals surface area contributed by atoms with E-state index in [0.717, 1.165) is 40.7 Å². The van der Waals surface area contributed by atoms with E-state index in [0.29, 0.717) is 17.7 Å². The molecule has 0 aliphatic carbocycles. The summed E-state index contributed by atoms with van der Waals surface area (Å²) in [5, 5.41) is 0. The number of aryl methyl sites for hydroxylation is 2. The summed E-state index contributed by atoms with van der Waals surface area (Å²) in [7, 11) is 0. The molecule has 31 heavy (non-hydrogen) atoms. The number of rotatable bonds is 8. The van der Waals surface area contributed by atoms with Crippen LogP contribution in [-0.4, -0.2) is 12.5 Å². The van der Waals surface area contributed by atoms with E-state index in [2.05, 4.69) is 6.58 Å². The van der Waals surface area contributed by atoms with Crippen LogP contribution in [-0.2, 0) is 22.6 Å². The molecule has 3 rings (SSSR count). The van der Waals surface area contributed by atoms with Gasteiger partial charge < -0.3 is 10.5 Å². The average Bonchev–Trinajstić information content (AvgIpc) is 2.76. The highest BCUT2D eigenvalue weighted by Crippen LogP contribution is 2.31. The van der Waals surface area contributed by atoms with Gasteiger partial charge in [-0.25, -0.2) is 9.18 Å². The molecule has 0 saturated heterocycles. The minimum atomic E-state index is -0.441. The Bertz CT molecular complexity index is 1090. The first kappa shape index (κ1) is 22.4. The summed E-state index contributed by atoms with van der Waals surface area (Å²) < 4.78 is 20.4. The molecule has 0 heterocycles. The molecule has 2 N–H and O–H groups in total. The fraction of sp³-hybridized carbons (Fsp3) is 0.222. The van der Waals surface area contributed by atoms with Crippen molar-refractivity contribution in [3.05, 3.63) is 95.3 Å². The zero-order valence-corrected chi connectivity index (χ0v) is 18.1. The Labute approximate surface area is 183 Å². The van der Waals surface area contributed by atoms with E-state index in [1.807, 2.05) is 55.5 Å². The van der Waals surface area contributed by atoms with Crippen molar-refractivity contribution in [1.82, 2.24) is 0 Å². The number of esters is 1. The molecular formula is C27H28FNO2. The molecule has 0 aromatic heterocycles. The number of nitrogens with two attached hydrogens (primary N) is 1. The van der Waals surface area contributed by atoms with E-state index in [1.54, 1.807) is 13.0 Å². The van der Waals surface area contributed by atoms with Gasteiger partial charge in [0.1, 0.15) is 12.4 Å². The summed E-state index contributed by atoms with van der Waals surface area (Å²) >= 11 is 0. The lowest BCUT2D eigenvalue weighted by molar-refractivity contribution is -0.140. The summed E-state index contributed by atoms with van der Waals surface area (Å²) in [4.78, 5) is 11.8. The normalized spacial score (nSPS) is 10.7. The van der Waals surface area contributed by atoms with Crippen LogP contribution in [0.2, 0.25) is 0 Å². The highest BCUT2D eigenvalue weighted by Gasteiger charge is 2.12. The molecule has 3 aromatic rings. The number of halogens is 1. The number of hydrogen-bond donors (Lipinski definition) is 1. The molecule has 0 spiro atoms. The molecule has 0 bridgehead atoms. The highest BCUT2D eigenvalue weighted by molar-refractivity contribution is 5.87. The van der Waals surface area contributed by atoms with Gasteiger partial charge in [-0.3, -0.25) is 0 Å². The second-order valence-electron chi connectivity index (χ2n) is 7.80. The van der Waals surface area contributed by atoms with Crippen LogP contribution in [0.3, 0.4) is 0 Å². The topological polar surface area (TPSA) is 52.3 Å². The molecule has 3 aromatic carbocycles. The summed E-state index contributed by atoms with van der Waals surface area (Å²) in [5.74, 6) is -0.735. The van der Waals surface area contributed by atoms with Gasteiger partial charge >= 0.3 is 5.97 Å². The van der Waals surface area contributed by atoms with Gasteiger partial charge in [0.05, 0.1) is 0 Å². The lowest BCUT2D eigenvalue weighted by Gasteiger charge is -2.13. The van der Waals surface area contributed by atoms with Crippen molar-refractivity contribution in [2.24, 2.45) is 5.73 Å². The summed E-state index contributed by atoms with van der Waals surface area (Å²) in [5.41, 5.74) is 11.9.